The average Bonchev–Trinajstić information content (AvgIpc) is 2.68. The first-order valence-corrected chi connectivity index (χ1v) is 11.6. The van der Waals surface area contributed by atoms with E-state index in [0.29, 0.717) is 6.04 Å². The molecule has 2 aliphatic rings. The fourth-order valence-electron chi connectivity index (χ4n) is 4.55. The number of piperidine rings is 1. The zero-order valence-corrected chi connectivity index (χ0v) is 18.0. The summed E-state index contributed by atoms with van der Waals surface area (Å²) in [6.07, 6.45) is 10.1. The summed E-state index contributed by atoms with van der Waals surface area (Å²) in [5, 5.41) is 4.30. The maximum absolute atomic E-state index is 5.68. The van der Waals surface area contributed by atoms with Crippen LogP contribution in [0.15, 0.2) is 29.2 Å². The average molecular weight is 392 g/mol. The topological polar surface area (TPSA) is 18.5 Å². The molecule has 2 atom stereocenters. The van der Waals surface area contributed by atoms with Crippen molar-refractivity contribution >= 4 is 34.8 Å². The van der Waals surface area contributed by atoms with Crippen molar-refractivity contribution in [1.82, 2.24) is 9.80 Å². The van der Waals surface area contributed by atoms with Gasteiger partial charge in [0.25, 0.3) is 0 Å². The van der Waals surface area contributed by atoms with Crippen LogP contribution in [-0.4, -0.2) is 53.4 Å². The fraction of sp³-hybridized carbons (Fsp3) is 0.667. The number of benzene rings is 1. The second-order valence-electron chi connectivity index (χ2n) is 7.87. The van der Waals surface area contributed by atoms with Crippen LogP contribution in [0.5, 0.6) is 0 Å². The van der Waals surface area contributed by atoms with Crippen LogP contribution in [0.4, 0.5) is 5.69 Å². The standard InChI is InChI=1S/C21H33N3S2/c1-16-7-4-5-10-20(16)23(2)18-11-13-24(14-12-18)21(25)22-17-8-6-9-19(15-17)26-3/h6,8-9,15-16,18,20H,4-5,7,10-14H2,1-3H3,(H,22,25)/t16-,20+/m1/s1. The number of thioether (sulfide) groups is 1. The quantitative estimate of drug-likeness (QED) is 0.568. The minimum Gasteiger partial charge on any atom is -0.349 e. The number of rotatable bonds is 4. The van der Waals surface area contributed by atoms with E-state index in [0.717, 1.165) is 35.8 Å². The Bertz CT molecular complexity index is 599. The van der Waals surface area contributed by atoms with Crippen molar-refractivity contribution in [1.29, 1.82) is 0 Å². The van der Waals surface area contributed by atoms with Crippen molar-refractivity contribution in [2.45, 2.75) is 62.4 Å². The summed E-state index contributed by atoms with van der Waals surface area (Å²) >= 11 is 7.44. The zero-order chi connectivity index (χ0) is 18.5. The number of nitrogens with one attached hydrogen (secondary N) is 1. The third kappa shape index (κ3) is 4.93. The lowest BCUT2D eigenvalue weighted by Crippen LogP contribution is -2.51. The van der Waals surface area contributed by atoms with Gasteiger partial charge >= 0.3 is 0 Å². The lowest BCUT2D eigenvalue weighted by atomic mass is 9.84. The molecule has 0 spiro atoms. The third-order valence-electron chi connectivity index (χ3n) is 6.24. The van der Waals surface area contributed by atoms with Gasteiger partial charge in [0.1, 0.15) is 0 Å². The van der Waals surface area contributed by atoms with Crippen molar-refractivity contribution in [3.05, 3.63) is 24.3 Å². The van der Waals surface area contributed by atoms with Gasteiger partial charge in [0, 0.05) is 35.8 Å². The van der Waals surface area contributed by atoms with Crippen LogP contribution in [0, 0.1) is 5.92 Å². The first-order valence-electron chi connectivity index (χ1n) is 10.0. The molecular formula is C21H33N3S2. The van der Waals surface area contributed by atoms with E-state index in [2.05, 4.69) is 59.6 Å². The van der Waals surface area contributed by atoms with Crippen molar-refractivity contribution in [3.63, 3.8) is 0 Å². The Morgan fingerprint density at radius 2 is 1.92 bits per heavy atom. The summed E-state index contributed by atoms with van der Waals surface area (Å²) in [6.45, 7) is 4.56. The molecule has 1 aliphatic heterocycles. The number of hydrogen-bond donors (Lipinski definition) is 1. The summed E-state index contributed by atoms with van der Waals surface area (Å²) < 4.78 is 0. The second kappa shape index (κ2) is 9.43. The van der Waals surface area contributed by atoms with Gasteiger partial charge in [-0.3, -0.25) is 0 Å². The summed E-state index contributed by atoms with van der Waals surface area (Å²) in [5.41, 5.74) is 1.09. The van der Waals surface area contributed by atoms with Gasteiger partial charge in [-0.2, -0.15) is 0 Å². The van der Waals surface area contributed by atoms with Crippen LogP contribution in [0.1, 0.15) is 45.4 Å². The van der Waals surface area contributed by atoms with E-state index in [1.807, 2.05) is 0 Å². The Balaban J connectivity index is 1.50. The molecule has 1 aromatic carbocycles. The molecule has 1 saturated carbocycles. The van der Waals surface area contributed by atoms with E-state index in [1.54, 1.807) is 11.8 Å². The van der Waals surface area contributed by atoms with E-state index in [4.69, 9.17) is 12.2 Å². The summed E-state index contributed by atoms with van der Waals surface area (Å²) in [4.78, 5) is 6.30. The molecule has 3 nitrogen and oxygen atoms in total. The number of thiocarbonyl (C=S) groups is 1. The predicted octanol–water partition coefficient (Wildman–Crippen LogP) is 5.08. The number of anilines is 1. The lowest BCUT2D eigenvalue weighted by molar-refractivity contribution is 0.0691. The van der Waals surface area contributed by atoms with Crippen LogP contribution in [-0.2, 0) is 0 Å². The number of hydrogen-bond acceptors (Lipinski definition) is 3. The molecule has 0 bridgehead atoms. The van der Waals surface area contributed by atoms with Crippen LogP contribution in [0.2, 0.25) is 0 Å². The molecule has 5 heteroatoms. The van der Waals surface area contributed by atoms with E-state index in [9.17, 15) is 0 Å². The van der Waals surface area contributed by atoms with E-state index < -0.39 is 0 Å². The fourth-order valence-corrected chi connectivity index (χ4v) is 5.31. The number of likely N-dealkylation sites (tertiary alicyclic amines) is 1. The molecule has 26 heavy (non-hydrogen) atoms. The minimum absolute atomic E-state index is 0.708. The molecule has 1 heterocycles. The maximum atomic E-state index is 5.68. The molecule has 0 radical (unpaired) electrons. The molecule has 1 aliphatic carbocycles. The predicted molar refractivity (Wildman–Crippen MR) is 118 cm³/mol. The Kier molecular flexibility index (Phi) is 7.24. The molecule has 3 rings (SSSR count). The van der Waals surface area contributed by atoms with Crippen molar-refractivity contribution < 1.29 is 0 Å². The zero-order valence-electron chi connectivity index (χ0n) is 16.4. The first-order chi connectivity index (χ1) is 12.6. The van der Waals surface area contributed by atoms with Crippen molar-refractivity contribution in [3.8, 4) is 0 Å². The minimum atomic E-state index is 0.708. The third-order valence-corrected chi connectivity index (χ3v) is 7.32. The molecule has 2 fully saturated rings. The highest BCUT2D eigenvalue weighted by Crippen LogP contribution is 2.30. The summed E-state index contributed by atoms with van der Waals surface area (Å²) in [7, 11) is 2.36. The molecule has 144 valence electrons. The molecule has 1 N–H and O–H groups in total. The molecule has 0 amide bonds. The highest BCUT2D eigenvalue weighted by molar-refractivity contribution is 7.98. The molecule has 1 saturated heterocycles. The van der Waals surface area contributed by atoms with Crippen LogP contribution < -0.4 is 5.32 Å². The highest BCUT2D eigenvalue weighted by Gasteiger charge is 2.31. The van der Waals surface area contributed by atoms with Gasteiger partial charge in [-0.05, 0) is 75.3 Å². The van der Waals surface area contributed by atoms with Crippen LogP contribution >= 0.6 is 24.0 Å². The second-order valence-corrected chi connectivity index (χ2v) is 9.14. The SMILES string of the molecule is CSc1cccc(NC(=S)N2CCC(N(C)[C@H]3CCCC[C@H]3C)CC2)c1. The van der Waals surface area contributed by atoms with Crippen LogP contribution in [0.25, 0.3) is 0 Å². The number of nitrogens with zero attached hydrogens (tertiary/aromatic N) is 2. The summed E-state index contributed by atoms with van der Waals surface area (Å²) in [6, 6.07) is 9.97. The van der Waals surface area contributed by atoms with Gasteiger partial charge in [-0.15, -0.1) is 11.8 Å². The molecular weight excluding hydrogens is 358 g/mol. The van der Waals surface area contributed by atoms with Gasteiger partial charge in [0.05, 0.1) is 0 Å². The van der Waals surface area contributed by atoms with E-state index >= 15 is 0 Å². The Morgan fingerprint density at radius 1 is 1.19 bits per heavy atom. The van der Waals surface area contributed by atoms with Crippen LogP contribution in [0.3, 0.4) is 0 Å². The Hall–Kier alpha value is -0.780. The lowest BCUT2D eigenvalue weighted by Gasteiger charge is -2.44. The van der Waals surface area contributed by atoms with E-state index in [-0.39, 0.29) is 0 Å². The normalized spacial score (nSPS) is 24.7. The van der Waals surface area contributed by atoms with Gasteiger partial charge in [0.2, 0.25) is 0 Å². The first kappa shape index (κ1) is 20.0. The Morgan fingerprint density at radius 3 is 2.62 bits per heavy atom. The smallest absolute Gasteiger partial charge is 0.173 e. The largest absolute Gasteiger partial charge is 0.349 e. The summed E-state index contributed by atoms with van der Waals surface area (Å²) in [5.74, 6) is 0.846. The van der Waals surface area contributed by atoms with Crippen molar-refractivity contribution in [2.24, 2.45) is 5.92 Å². The van der Waals surface area contributed by atoms with Gasteiger partial charge < -0.3 is 15.1 Å². The monoisotopic (exact) mass is 391 g/mol. The Labute approximate surface area is 168 Å². The molecule has 1 aromatic rings. The highest BCUT2D eigenvalue weighted by atomic mass is 32.2. The van der Waals surface area contributed by atoms with Gasteiger partial charge in [-0.25, -0.2) is 0 Å². The van der Waals surface area contributed by atoms with Gasteiger partial charge in [-0.1, -0.05) is 25.8 Å². The van der Waals surface area contributed by atoms with Crippen molar-refractivity contribution in [2.75, 3.05) is 31.7 Å². The molecule has 0 unspecified atom stereocenters. The van der Waals surface area contributed by atoms with E-state index in [1.165, 1.54) is 43.4 Å². The van der Waals surface area contributed by atoms with Gasteiger partial charge in [0.15, 0.2) is 5.11 Å². The maximum Gasteiger partial charge on any atom is 0.173 e. The molecule has 0 aromatic heterocycles.